The van der Waals surface area contributed by atoms with E-state index in [2.05, 4.69) is 39.0 Å². The summed E-state index contributed by atoms with van der Waals surface area (Å²) in [6.07, 6.45) is 0. The summed E-state index contributed by atoms with van der Waals surface area (Å²) in [4.78, 5) is 0. The fourth-order valence-electron chi connectivity index (χ4n) is 1.51. The first kappa shape index (κ1) is 9.27. The van der Waals surface area contributed by atoms with Gasteiger partial charge in [0.05, 0.1) is 0 Å². The lowest BCUT2D eigenvalue weighted by Crippen LogP contribution is -2.10. The van der Waals surface area contributed by atoms with Crippen LogP contribution in [-0.4, -0.2) is 6.54 Å². The number of nitrogens with two attached hydrogens (primary N) is 1. The van der Waals surface area contributed by atoms with Crippen LogP contribution in [0.3, 0.4) is 0 Å². The maximum Gasteiger partial charge on any atom is -0.00108 e. The molecule has 1 nitrogen and oxygen atoms in total. The molecule has 0 aliphatic rings. The summed E-state index contributed by atoms with van der Waals surface area (Å²) in [5.41, 5.74) is 9.66. The van der Waals surface area contributed by atoms with E-state index in [0.717, 1.165) is 6.54 Å². The molecule has 0 aliphatic heterocycles. The normalized spacial score (nSPS) is 13.0. The van der Waals surface area contributed by atoms with Gasteiger partial charge in [0.2, 0.25) is 0 Å². The monoisotopic (exact) mass is 163 g/mol. The Morgan fingerprint density at radius 2 is 2.00 bits per heavy atom. The molecule has 1 aromatic rings. The van der Waals surface area contributed by atoms with Crippen LogP contribution < -0.4 is 5.73 Å². The minimum Gasteiger partial charge on any atom is -0.330 e. The molecule has 0 spiro atoms. The smallest absolute Gasteiger partial charge is 0.00108 e. The average molecular weight is 163 g/mol. The van der Waals surface area contributed by atoms with Crippen molar-refractivity contribution in [3.8, 4) is 0 Å². The number of hydrogen-bond acceptors (Lipinski definition) is 1. The van der Waals surface area contributed by atoms with E-state index in [-0.39, 0.29) is 0 Å². The summed E-state index contributed by atoms with van der Waals surface area (Å²) in [7, 11) is 0. The molecule has 0 saturated carbocycles. The van der Waals surface area contributed by atoms with Gasteiger partial charge in [0.15, 0.2) is 0 Å². The van der Waals surface area contributed by atoms with Gasteiger partial charge in [-0.15, -0.1) is 0 Å². The average Bonchev–Trinajstić information content (AvgIpc) is 2.03. The first-order valence-corrected chi connectivity index (χ1v) is 4.42. The van der Waals surface area contributed by atoms with Gasteiger partial charge in [0.25, 0.3) is 0 Å². The van der Waals surface area contributed by atoms with Gasteiger partial charge < -0.3 is 5.73 Å². The number of aryl methyl sites for hydroxylation is 2. The first-order chi connectivity index (χ1) is 5.65. The third kappa shape index (κ3) is 1.86. The van der Waals surface area contributed by atoms with Crippen LogP contribution >= 0.6 is 0 Å². The van der Waals surface area contributed by atoms with Gasteiger partial charge in [-0.3, -0.25) is 0 Å². The summed E-state index contributed by atoms with van der Waals surface area (Å²) in [5, 5.41) is 0. The number of hydrogen-bond donors (Lipinski definition) is 1. The van der Waals surface area contributed by atoms with Gasteiger partial charge in [-0.1, -0.05) is 30.7 Å². The van der Waals surface area contributed by atoms with Crippen LogP contribution in [0.15, 0.2) is 18.2 Å². The standard InChI is InChI=1S/C11H17N/c1-8-4-5-11(9(2)6-8)10(3)7-12/h4-6,10H,7,12H2,1-3H3/t10-/m0/s1. The molecule has 0 heterocycles. The molecule has 1 heteroatoms. The van der Waals surface area contributed by atoms with Crippen molar-refractivity contribution < 1.29 is 0 Å². The predicted octanol–water partition coefficient (Wildman–Crippen LogP) is 2.37. The Morgan fingerprint density at radius 3 is 2.50 bits per heavy atom. The van der Waals surface area contributed by atoms with E-state index in [9.17, 15) is 0 Å². The molecule has 0 amide bonds. The van der Waals surface area contributed by atoms with E-state index in [1.807, 2.05) is 0 Å². The second-order valence-electron chi connectivity index (χ2n) is 3.50. The highest BCUT2D eigenvalue weighted by molar-refractivity contribution is 5.32. The van der Waals surface area contributed by atoms with Crippen molar-refractivity contribution in [2.75, 3.05) is 6.54 Å². The molecule has 1 aromatic carbocycles. The lowest BCUT2D eigenvalue weighted by atomic mass is 9.95. The molecule has 0 unspecified atom stereocenters. The first-order valence-electron chi connectivity index (χ1n) is 4.42. The summed E-state index contributed by atoms with van der Waals surface area (Å²) in [5.74, 6) is 0.477. The minimum atomic E-state index is 0.477. The Balaban J connectivity index is 3.01. The van der Waals surface area contributed by atoms with E-state index >= 15 is 0 Å². The van der Waals surface area contributed by atoms with Gasteiger partial charge in [0.1, 0.15) is 0 Å². The zero-order valence-corrected chi connectivity index (χ0v) is 8.09. The van der Waals surface area contributed by atoms with Gasteiger partial charge in [-0.05, 0) is 37.4 Å². The number of benzene rings is 1. The largest absolute Gasteiger partial charge is 0.330 e. The SMILES string of the molecule is Cc1ccc([C@@H](C)CN)c(C)c1. The summed E-state index contributed by atoms with van der Waals surface area (Å²) >= 11 is 0. The third-order valence-corrected chi connectivity index (χ3v) is 2.31. The number of rotatable bonds is 2. The molecule has 12 heavy (non-hydrogen) atoms. The topological polar surface area (TPSA) is 26.0 Å². The van der Waals surface area contributed by atoms with Crippen molar-refractivity contribution in [3.63, 3.8) is 0 Å². The lowest BCUT2D eigenvalue weighted by molar-refractivity contribution is 0.767. The van der Waals surface area contributed by atoms with Crippen molar-refractivity contribution in [1.82, 2.24) is 0 Å². The molecule has 0 bridgehead atoms. The van der Waals surface area contributed by atoms with Crippen LogP contribution in [0.1, 0.15) is 29.5 Å². The molecular formula is C11H17N. The van der Waals surface area contributed by atoms with E-state index in [1.54, 1.807) is 0 Å². The van der Waals surface area contributed by atoms with E-state index in [0.29, 0.717) is 5.92 Å². The van der Waals surface area contributed by atoms with Gasteiger partial charge in [-0.25, -0.2) is 0 Å². The van der Waals surface area contributed by atoms with Crippen molar-refractivity contribution >= 4 is 0 Å². The zero-order chi connectivity index (χ0) is 9.14. The molecule has 0 radical (unpaired) electrons. The van der Waals surface area contributed by atoms with Crippen LogP contribution in [0.4, 0.5) is 0 Å². The molecule has 0 aliphatic carbocycles. The minimum absolute atomic E-state index is 0.477. The molecule has 0 fully saturated rings. The summed E-state index contributed by atoms with van der Waals surface area (Å²) in [6.45, 7) is 7.15. The fourth-order valence-corrected chi connectivity index (χ4v) is 1.51. The second-order valence-corrected chi connectivity index (χ2v) is 3.50. The molecule has 66 valence electrons. The van der Waals surface area contributed by atoms with Crippen LogP contribution in [0.5, 0.6) is 0 Å². The van der Waals surface area contributed by atoms with Gasteiger partial charge in [0, 0.05) is 0 Å². The zero-order valence-electron chi connectivity index (χ0n) is 8.09. The maximum absolute atomic E-state index is 5.61. The molecule has 1 atom stereocenters. The van der Waals surface area contributed by atoms with Gasteiger partial charge >= 0.3 is 0 Å². The van der Waals surface area contributed by atoms with Crippen LogP contribution in [0.25, 0.3) is 0 Å². The van der Waals surface area contributed by atoms with Crippen molar-refractivity contribution in [2.24, 2.45) is 5.73 Å². The molecule has 2 N–H and O–H groups in total. The quantitative estimate of drug-likeness (QED) is 0.711. The van der Waals surface area contributed by atoms with Crippen LogP contribution in [0, 0.1) is 13.8 Å². The van der Waals surface area contributed by atoms with Crippen molar-refractivity contribution in [2.45, 2.75) is 26.7 Å². The molecule has 0 saturated heterocycles. The molecular weight excluding hydrogens is 146 g/mol. The summed E-state index contributed by atoms with van der Waals surface area (Å²) in [6, 6.07) is 6.54. The molecule has 1 rings (SSSR count). The maximum atomic E-state index is 5.61. The Bertz CT molecular complexity index is 266. The Morgan fingerprint density at radius 1 is 1.33 bits per heavy atom. The van der Waals surface area contributed by atoms with Crippen molar-refractivity contribution in [3.05, 3.63) is 34.9 Å². The highest BCUT2D eigenvalue weighted by Gasteiger charge is 2.05. The highest BCUT2D eigenvalue weighted by Crippen LogP contribution is 2.19. The summed E-state index contributed by atoms with van der Waals surface area (Å²) < 4.78 is 0. The lowest BCUT2D eigenvalue weighted by Gasteiger charge is -2.12. The fraction of sp³-hybridized carbons (Fsp3) is 0.455. The highest BCUT2D eigenvalue weighted by atomic mass is 14.5. The van der Waals surface area contributed by atoms with E-state index in [1.165, 1.54) is 16.7 Å². The van der Waals surface area contributed by atoms with E-state index in [4.69, 9.17) is 5.73 Å². The van der Waals surface area contributed by atoms with Crippen molar-refractivity contribution in [1.29, 1.82) is 0 Å². The Hall–Kier alpha value is -0.820. The van der Waals surface area contributed by atoms with Crippen LogP contribution in [-0.2, 0) is 0 Å². The van der Waals surface area contributed by atoms with Gasteiger partial charge in [-0.2, -0.15) is 0 Å². The second kappa shape index (κ2) is 3.72. The predicted molar refractivity (Wildman–Crippen MR) is 53.4 cm³/mol. The van der Waals surface area contributed by atoms with Crippen LogP contribution in [0.2, 0.25) is 0 Å². The van der Waals surface area contributed by atoms with E-state index < -0.39 is 0 Å². The third-order valence-electron chi connectivity index (χ3n) is 2.31. The Kier molecular flexibility index (Phi) is 2.88. The molecule has 0 aromatic heterocycles. The Labute approximate surface area is 74.6 Å².